The number of halogens is 2. The normalized spacial score (nSPS) is 11.1. The molecule has 0 spiro atoms. The van der Waals surface area contributed by atoms with Gasteiger partial charge in [-0.05, 0) is 55.0 Å². The molecule has 0 aliphatic rings. The molecule has 0 aromatic heterocycles. The first-order valence-electron chi connectivity index (χ1n) is 8.21. The summed E-state index contributed by atoms with van der Waals surface area (Å²) in [5.41, 5.74) is 1.06. The van der Waals surface area contributed by atoms with E-state index < -0.39 is 21.7 Å². The maximum Gasteiger partial charge on any atom is 0.262 e. The first-order chi connectivity index (χ1) is 13.3. The van der Waals surface area contributed by atoms with Crippen molar-refractivity contribution < 1.29 is 17.6 Å². The minimum atomic E-state index is -3.92. The summed E-state index contributed by atoms with van der Waals surface area (Å²) in [6, 6.07) is 16.3. The van der Waals surface area contributed by atoms with E-state index in [1.807, 2.05) is 0 Å². The monoisotopic (exact) mass is 418 g/mol. The minimum Gasteiger partial charge on any atom is -0.322 e. The number of aryl methyl sites for hydroxylation is 1. The molecule has 1 amide bonds. The van der Waals surface area contributed by atoms with Crippen LogP contribution in [0.2, 0.25) is 5.02 Å². The number of benzene rings is 3. The molecule has 0 saturated carbocycles. The molecule has 3 aromatic rings. The van der Waals surface area contributed by atoms with Crippen LogP contribution in [0.25, 0.3) is 0 Å². The fourth-order valence-corrected chi connectivity index (χ4v) is 3.79. The van der Waals surface area contributed by atoms with Crippen LogP contribution in [-0.2, 0) is 10.0 Å². The fraction of sp³-hybridized carbons (Fsp3) is 0.0500. The van der Waals surface area contributed by atoms with Crippen LogP contribution in [0.5, 0.6) is 0 Å². The standard InChI is InChI=1S/C20H16ClFN2O3S/c1-13-9-10-14(11-18(13)22)20(25)23-15-5-4-6-16(12-15)28(26,27)24-19-8-3-2-7-17(19)21/h2-12,24H,1H3,(H,23,25). The average Bonchev–Trinajstić information content (AvgIpc) is 2.66. The average molecular weight is 419 g/mol. The summed E-state index contributed by atoms with van der Waals surface area (Å²) in [4.78, 5) is 12.3. The van der Waals surface area contributed by atoms with Gasteiger partial charge >= 0.3 is 0 Å². The van der Waals surface area contributed by atoms with E-state index in [2.05, 4.69) is 10.0 Å². The zero-order valence-corrected chi connectivity index (χ0v) is 16.3. The third-order valence-corrected chi connectivity index (χ3v) is 5.65. The van der Waals surface area contributed by atoms with E-state index in [0.29, 0.717) is 5.56 Å². The fourth-order valence-electron chi connectivity index (χ4n) is 2.43. The number of carbonyl (C=O) groups excluding carboxylic acids is 1. The molecule has 5 nitrogen and oxygen atoms in total. The Bertz CT molecular complexity index is 1150. The highest BCUT2D eigenvalue weighted by molar-refractivity contribution is 7.92. The van der Waals surface area contributed by atoms with Gasteiger partial charge in [-0.2, -0.15) is 0 Å². The summed E-state index contributed by atoms with van der Waals surface area (Å²) >= 11 is 5.99. The van der Waals surface area contributed by atoms with Crippen molar-refractivity contribution in [2.75, 3.05) is 10.0 Å². The lowest BCUT2D eigenvalue weighted by Gasteiger charge is -2.11. The van der Waals surface area contributed by atoms with Crippen LogP contribution in [0.4, 0.5) is 15.8 Å². The first kappa shape index (κ1) is 19.9. The van der Waals surface area contributed by atoms with Crippen molar-refractivity contribution in [2.45, 2.75) is 11.8 Å². The predicted octanol–water partition coefficient (Wildman–Crippen LogP) is 4.84. The maximum atomic E-state index is 13.7. The van der Waals surface area contributed by atoms with Crippen molar-refractivity contribution in [1.29, 1.82) is 0 Å². The molecule has 0 fully saturated rings. The Morgan fingerprint density at radius 1 is 1.00 bits per heavy atom. The van der Waals surface area contributed by atoms with Crippen molar-refractivity contribution in [3.05, 3.63) is 88.7 Å². The van der Waals surface area contributed by atoms with Gasteiger partial charge in [0.15, 0.2) is 0 Å². The Hall–Kier alpha value is -2.90. The lowest BCUT2D eigenvalue weighted by atomic mass is 10.1. The van der Waals surface area contributed by atoms with Crippen molar-refractivity contribution in [3.63, 3.8) is 0 Å². The topological polar surface area (TPSA) is 75.3 Å². The van der Waals surface area contributed by atoms with Crippen LogP contribution in [0, 0.1) is 12.7 Å². The zero-order chi connectivity index (χ0) is 20.3. The van der Waals surface area contributed by atoms with E-state index in [9.17, 15) is 17.6 Å². The summed E-state index contributed by atoms with van der Waals surface area (Å²) in [6.45, 7) is 1.59. The minimum absolute atomic E-state index is 0.0553. The second-order valence-corrected chi connectivity index (χ2v) is 8.12. The van der Waals surface area contributed by atoms with Gasteiger partial charge < -0.3 is 5.32 Å². The third-order valence-electron chi connectivity index (χ3n) is 3.95. The van der Waals surface area contributed by atoms with Crippen LogP contribution in [-0.4, -0.2) is 14.3 Å². The quantitative estimate of drug-likeness (QED) is 0.622. The van der Waals surface area contributed by atoms with Crippen molar-refractivity contribution in [2.24, 2.45) is 0 Å². The summed E-state index contributed by atoms with van der Waals surface area (Å²) in [5.74, 6) is -1.04. The Morgan fingerprint density at radius 2 is 1.75 bits per heavy atom. The Morgan fingerprint density at radius 3 is 2.46 bits per heavy atom. The maximum absolute atomic E-state index is 13.7. The van der Waals surface area contributed by atoms with Gasteiger partial charge in [-0.3, -0.25) is 9.52 Å². The molecule has 3 rings (SSSR count). The Labute approximate surface area is 167 Å². The number of sulfonamides is 1. The highest BCUT2D eigenvalue weighted by Gasteiger charge is 2.17. The van der Waals surface area contributed by atoms with Gasteiger partial charge in [-0.25, -0.2) is 12.8 Å². The van der Waals surface area contributed by atoms with E-state index in [1.165, 1.54) is 42.5 Å². The third kappa shape index (κ3) is 4.49. The largest absolute Gasteiger partial charge is 0.322 e. The lowest BCUT2D eigenvalue weighted by molar-refractivity contribution is 0.102. The van der Waals surface area contributed by atoms with Crippen molar-refractivity contribution in [3.8, 4) is 0 Å². The molecule has 8 heteroatoms. The number of para-hydroxylation sites is 1. The predicted molar refractivity (Wildman–Crippen MR) is 108 cm³/mol. The summed E-state index contributed by atoms with van der Waals surface area (Å²) < 4.78 is 41.3. The molecule has 144 valence electrons. The second-order valence-electron chi connectivity index (χ2n) is 6.03. The van der Waals surface area contributed by atoms with Gasteiger partial charge in [0, 0.05) is 11.3 Å². The molecule has 0 unspecified atom stereocenters. The number of rotatable bonds is 5. The van der Waals surface area contributed by atoms with Gasteiger partial charge in [0.05, 0.1) is 15.6 Å². The molecule has 0 heterocycles. The summed E-state index contributed by atoms with van der Waals surface area (Å²) in [7, 11) is -3.92. The first-order valence-corrected chi connectivity index (χ1v) is 10.1. The van der Waals surface area contributed by atoms with Gasteiger partial charge in [-0.1, -0.05) is 35.9 Å². The second kappa shape index (κ2) is 8.00. The molecule has 0 aliphatic carbocycles. The summed E-state index contributed by atoms with van der Waals surface area (Å²) in [6.07, 6.45) is 0. The molecule has 3 aromatic carbocycles. The SMILES string of the molecule is Cc1ccc(C(=O)Nc2cccc(S(=O)(=O)Nc3ccccc3Cl)c2)cc1F. The molecule has 0 radical (unpaired) electrons. The van der Waals surface area contributed by atoms with Gasteiger partial charge in [0.25, 0.3) is 15.9 Å². The number of nitrogens with one attached hydrogen (secondary N) is 2. The Kier molecular flexibility index (Phi) is 5.67. The van der Waals surface area contributed by atoms with Crippen LogP contribution in [0.1, 0.15) is 15.9 Å². The van der Waals surface area contributed by atoms with Crippen LogP contribution in [0.15, 0.2) is 71.6 Å². The number of anilines is 2. The molecule has 2 N–H and O–H groups in total. The van der Waals surface area contributed by atoms with Crippen molar-refractivity contribution >= 4 is 38.9 Å². The van der Waals surface area contributed by atoms with Crippen LogP contribution in [0.3, 0.4) is 0 Å². The smallest absolute Gasteiger partial charge is 0.262 e. The van der Waals surface area contributed by atoms with E-state index in [1.54, 1.807) is 25.1 Å². The molecule has 0 atom stereocenters. The highest BCUT2D eigenvalue weighted by atomic mass is 35.5. The number of hydrogen-bond acceptors (Lipinski definition) is 3. The summed E-state index contributed by atoms with van der Waals surface area (Å²) in [5, 5.41) is 2.83. The molecule has 0 saturated heterocycles. The molecular formula is C20H16ClFN2O3S. The molecule has 28 heavy (non-hydrogen) atoms. The van der Waals surface area contributed by atoms with Crippen molar-refractivity contribution in [1.82, 2.24) is 0 Å². The highest BCUT2D eigenvalue weighted by Crippen LogP contribution is 2.25. The van der Waals surface area contributed by atoms with E-state index in [4.69, 9.17) is 11.6 Å². The lowest BCUT2D eigenvalue weighted by Crippen LogP contribution is -2.15. The number of hydrogen-bond donors (Lipinski definition) is 2. The molecule has 0 aliphatic heterocycles. The van der Waals surface area contributed by atoms with E-state index in [0.717, 1.165) is 6.07 Å². The van der Waals surface area contributed by atoms with Crippen LogP contribution < -0.4 is 10.0 Å². The van der Waals surface area contributed by atoms with Crippen LogP contribution >= 0.6 is 11.6 Å². The van der Waals surface area contributed by atoms with Gasteiger partial charge in [0.2, 0.25) is 0 Å². The van der Waals surface area contributed by atoms with E-state index in [-0.39, 0.29) is 26.9 Å². The number of amides is 1. The van der Waals surface area contributed by atoms with Gasteiger partial charge in [-0.15, -0.1) is 0 Å². The zero-order valence-electron chi connectivity index (χ0n) is 14.7. The van der Waals surface area contributed by atoms with Gasteiger partial charge in [0.1, 0.15) is 5.82 Å². The molecular weight excluding hydrogens is 403 g/mol. The molecule has 0 bridgehead atoms. The van der Waals surface area contributed by atoms with E-state index >= 15 is 0 Å². The number of carbonyl (C=O) groups is 1. The Balaban J connectivity index is 1.82.